The first-order valence-electron chi connectivity index (χ1n) is 6.97. The molecule has 0 aliphatic rings. The Hall–Kier alpha value is -2.57. The van der Waals surface area contributed by atoms with Gasteiger partial charge in [-0.05, 0) is 36.4 Å². The van der Waals surface area contributed by atoms with Crippen LogP contribution in [-0.2, 0) is 0 Å². The molecule has 0 unspecified atom stereocenters. The van der Waals surface area contributed by atoms with Crippen LogP contribution in [0.25, 0.3) is 0 Å². The van der Waals surface area contributed by atoms with E-state index < -0.39 is 0 Å². The van der Waals surface area contributed by atoms with Crippen LogP contribution in [0.1, 0.15) is 0 Å². The Morgan fingerprint density at radius 2 is 1.67 bits per heavy atom. The fourth-order valence-corrected chi connectivity index (χ4v) is 2.46. The number of hydrogen-bond donors (Lipinski definition) is 2. The average molecular weight is 362 g/mol. The molecule has 0 aliphatic heterocycles. The lowest BCUT2D eigenvalue weighted by atomic mass is 10.3. The maximum Gasteiger partial charge on any atom is 0.249 e. The minimum Gasteiger partial charge on any atom is -0.497 e. The summed E-state index contributed by atoms with van der Waals surface area (Å²) in [6.45, 7) is 0. The molecule has 0 saturated heterocycles. The maximum atomic E-state index is 6.13. The van der Waals surface area contributed by atoms with E-state index >= 15 is 0 Å². The van der Waals surface area contributed by atoms with Crippen molar-refractivity contribution in [2.45, 2.75) is 0 Å². The Labute approximate surface area is 148 Å². The molecule has 3 rings (SSSR count). The van der Waals surface area contributed by atoms with Crippen molar-refractivity contribution >= 4 is 46.3 Å². The zero-order valence-corrected chi connectivity index (χ0v) is 14.1. The molecule has 24 heavy (non-hydrogen) atoms. The summed E-state index contributed by atoms with van der Waals surface area (Å²) in [5.74, 6) is 1.58. The molecule has 0 atom stereocenters. The summed E-state index contributed by atoms with van der Waals surface area (Å²) in [6.07, 6.45) is 1.52. The minimum absolute atomic E-state index is 0.281. The summed E-state index contributed by atoms with van der Waals surface area (Å²) in [5.41, 5.74) is 1.38. The first-order valence-corrected chi connectivity index (χ1v) is 7.73. The highest BCUT2D eigenvalue weighted by Crippen LogP contribution is 2.31. The van der Waals surface area contributed by atoms with Crippen LogP contribution in [0.2, 0.25) is 10.0 Å². The van der Waals surface area contributed by atoms with Gasteiger partial charge in [-0.1, -0.05) is 29.3 Å². The summed E-state index contributed by atoms with van der Waals surface area (Å²) in [5, 5.41) is 14.9. The van der Waals surface area contributed by atoms with Gasteiger partial charge in [-0.2, -0.15) is 10.1 Å². The van der Waals surface area contributed by atoms with Gasteiger partial charge in [0, 0.05) is 5.69 Å². The predicted octanol–water partition coefficient (Wildman–Crippen LogP) is 4.67. The van der Waals surface area contributed by atoms with E-state index in [1.807, 2.05) is 24.3 Å². The highest BCUT2D eigenvalue weighted by atomic mass is 35.5. The molecule has 1 aromatic heterocycles. The number of para-hydroxylation sites is 1. The molecule has 0 aliphatic carbocycles. The number of aromatic nitrogens is 3. The lowest BCUT2D eigenvalue weighted by molar-refractivity contribution is 0.415. The standard InChI is InChI=1S/C16H13Cl2N5O/c1-24-11-7-5-10(6-8-11)20-14-9-19-23-16(21-14)22-15-12(17)3-2-4-13(15)18/h2-9H,1H3,(H2,20,21,22,23). The molecule has 0 saturated carbocycles. The van der Waals surface area contributed by atoms with Crippen LogP contribution in [0.5, 0.6) is 5.75 Å². The average Bonchev–Trinajstić information content (AvgIpc) is 2.59. The van der Waals surface area contributed by atoms with E-state index in [-0.39, 0.29) is 5.95 Å². The van der Waals surface area contributed by atoms with E-state index in [0.717, 1.165) is 11.4 Å². The molecule has 0 bridgehead atoms. The van der Waals surface area contributed by atoms with Gasteiger partial charge in [0.05, 0.1) is 29.0 Å². The van der Waals surface area contributed by atoms with Crippen LogP contribution in [0, 0.1) is 0 Å². The third-order valence-corrected chi connectivity index (χ3v) is 3.75. The van der Waals surface area contributed by atoms with Crippen LogP contribution in [0.4, 0.5) is 23.1 Å². The summed E-state index contributed by atoms with van der Waals surface area (Å²) < 4.78 is 5.13. The van der Waals surface area contributed by atoms with Gasteiger partial charge in [0.1, 0.15) is 5.75 Å². The lowest BCUT2D eigenvalue weighted by Gasteiger charge is -2.10. The van der Waals surface area contributed by atoms with E-state index in [9.17, 15) is 0 Å². The number of halogens is 2. The Morgan fingerprint density at radius 3 is 2.33 bits per heavy atom. The number of rotatable bonds is 5. The van der Waals surface area contributed by atoms with Gasteiger partial charge in [0.15, 0.2) is 5.82 Å². The molecule has 122 valence electrons. The summed E-state index contributed by atoms with van der Waals surface area (Å²) in [7, 11) is 1.62. The van der Waals surface area contributed by atoms with Crippen molar-refractivity contribution in [3.63, 3.8) is 0 Å². The quantitative estimate of drug-likeness (QED) is 0.687. The van der Waals surface area contributed by atoms with Crippen molar-refractivity contribution < 1.29 is 4.74 Å². The molecule has 0 spiro atoms. The van der Waals surface area contributed by atoms with Gasteiger partial charge in [0.25, 0.3) is 0 Å². The number of hydrogen-bond acceptors (Lipinski definition) is 6. The monoisotopic (exact) mass is 361 g/mol. The van der Waals surface area contributed by atoms with E-state index in [0.29, 0.717) is 21.6 Å². The Kier molecular flexibility index (Phi) is 4.98. The molecule has 2 aromatic carbocycles. The second-order valence-corrected chi connectivity index (χ2v) is 5.55. The smallest absolute Gasteiger partial charge is 0.249 e. The zero-order valence-electron chi connectivity index (χ0n) is 12.6. The summed E-state index contributed by atoms with van der Waals surface area (Å²) in [4.78, 5) is 4.34. The van der Waals surface area contributed by atoms with Crippen molar-refractivity contribution in [2.24, 2.45) is 0 Å². The molecular formula is C16H13Cl2N5O. The minimum atomic E-state index is 0.281. The fourth-order valence-electron chi connectivity index (χ4n) is 1.97. The topological polar surface area (TPSA) is 72.0 Å². The van der Waals surface area contributed by atoms with Gasteiger partial charge in [-0.15, -0.1) is 5.10 Å². The van der Waals surface area contributed by atoms with Crippen molar-refractivity contribution in [3.8, 4) is 5.75 Å². The fraction of sp³-hybridized carbons (Fsp3) is 0.0625. The van der Waals surface area contributed by atoms with Crippen molar-refractivity contribution in [1.82, 2.24) is 15.2 Å². The first-order chi connectivity index (χ1) is 11.7. The highest BCUT2D eigenvalue weighted by molar-refractivity contribution is 6.39. The first kappa shape index (κ1) is 16.3. The van der Waals surface area contributed by atoms with Crippen LogP contribution >= 0.6 is 23.2 Å². The molecular weight excluding hydrogens is 349 g/mol. The molecule has 0 fully saturated rings. The van der Waals surface area contributed by atoms with Crippen LogP contribution in [0.15, 0.2) is 48.7 Å². The summed E-state index contributed by atoms with van der Waals surface area (Å²) >= 11 is 12.3. The van der Waals surface area contributed by atoms with Crippen molar-refractivity contribution in [1.29, 1.82) is 0 Å². The molecule has 1 heterocycles. The predicted molar refractivity (Wildman–Crippen MR) is 95.8 cm³/mol. The second kappa shape index (κ2) is 7.33. The second-order valence-electron chi connectivity index (χ2n) is 4.74. The third kappa shape index (κ3) is 3.84. The van der Waals surface area contributed by atoms with E-state index in [1.165, 1.54) is 6.20 Å². The molecule has 3 aromatic rings. The lowest BCUT2D eigenvalue weighted by Crippen LogP contribution is -2.03. The van der Waals surface area contributed by atoms with Crippen molar-refractivity contribution in [3.05, 3.63) is 58.7 Å². The Balaban J connectivity index is 1.78. The normalized spacial score (nSPS) is 10.3. The van der Waals surface area contributed by atoms with Crippen molar-refractivity contribution in [2.75, 3.05) is 17.7 Å². The van der Waals surface area contributed by atoms with Crippen LogP contribution in [0.3, 0.4) is 0 Å². The molecule has 0 radical (unpaired) electrons. The van der Waals surface area contributed by atoms with Gasteiger partial charge in [-0.3, -0.25) is 0 Å². The van der Waals surface area contributed by atoms with Crippen LogP contribution in [-0.4, -0.2) is 22.3 Å². The number of benzene rings is 2. The molecule has 0 amide bonds. The van der Waals surface area contributed by atoms with Crippen LogP contribution < -0.4 is 15.4 Å². The van der Waals surface area contributed by atoms with Gasteiger partial charge in [0.2, 0.25) is 5.95 Å². The molecule has 2 N–H and O–H groups in total. The largest absolute Gasteiger partial charge is 0.497 e. The van der Waals surface area contributed by atoms with Gasteiger partial charge >= 0.3 is 0 Å². The number of anilines is 4. The molecule has 8 heteroatoms. The highest BCUT2D eigenvalue weighted by Gasteiger charge is 2.08. The number of ether oxygens (including phenoxy) is 1. The number of nitrogens with zero attached hydrogens (tertiary/aromatic N) is 3. The SMILES string of the molecule is COc1ccc(Nc2cnnc(Nc3c(Cl)cccc3Cl)n2)cc1. The van der Waals surface area contributed by atoms with E-state index in [4.69, 9.17) is 27.9 Å². The molecule has 6 nitrogen and oxygen atoms in total. The zero-order chi connectivity index (χ0) is 16.9. The number of nitrogens with one attached hydrogen (secondary N) is 2. The summed E-state index contributed by atoms with van der Waals surface area (Å²) in [6, 6.07) is 12.7. The van der Waals surface area contributed by atoms with E-state index in [1.54, 1.807) is 25.3 Å². The Bertz CT molecular complexity index is 822. The Morgan fingerprint density at radius 1 is 0.958 bits per heavy atom. The number of methoxy groups -OCH3 is 1. The maximum absolute atomic E-state index is 6.13. The van der Waals surface area contributed by atoms with Gasteiger partial charge in [-0.25, -0.2) is 0 Å². The van der Waals surface area contributed by atoms with Gasteiger partial charge < -0.3 is 15.4 Å². The van der Waals surface area contributed by atoms with E-state index in [2.05, 4.69) is 25.8 Å². The third-order valence-electron chi connectivity index (χ3n) is 3.12.